The summed E-state index contributed by atoms with van der Waals surface area (Å²) in [4.78, 5) is 15.7. The number of hydrogen-bond acceptors (Lipinski definition) is 4. The molecule has 0 aromatic rings. The average Bonchev–Trinajstić information content (AvgIpc) is 2.15. The van der Waals surface area contributed by atoms with E-state index in [9.17, 15) is 4.79 Å². The molecule has 0 heterocycles. The number of rotatable bonds is 8. The molecule has 0 bridgehead atoms. The Labute approximate surface area is 99.5 Å². The van der Waals surface area contributed by atoms with Crippen LogP contribution in [-0.4, -0.2) is 62.1 Å². The molecule has 0 N–H and O–H groups in total. The van der Waals surface area contributed by atoms with Crippen LogP contribution in [0.15, 0.2) is 0 Å². The number of carbonyl (C=O) groups is 1. The van der Waals surface area contributed by atoms with Gasteiger partial charge in [-0.15, -0.1) is 0 Å². The largest absolute Gasteiger partial charge is 0.465 e. The van der Waals surface area contributed by atoms with Crippen molar-refractivity contribution in [1.29, 1.82) is 0 Å². The predicted octanol–water partition coefficient (Wildman–Crippen LogP) is 1.21. The maximum atomic E-state index is 11.4. The number of nitrogens with zero attached hydrogens (tertiary/aromatic N) is 2. The molecule has 0 spiro atoms. The van der Waals surface area contributed by atoms with Crippen molar-refractivity contribution in [2.45, 2.75) is 33.2 Å². The maximum absolute atomic E-state index is 11.4. The fourth-order valence-electron chi connectivity index (χ4n) is 1.48. The summed E-state index contributed by atoms with van der Waals surface area (Å²) < 4.78 is 4.96. The van der Waals surface area contributed by atoms with E-state index in [1.807, 2.05) is 6.92 Å². The Hall–Kier alpha value is -0.610. The van der Waals surface area contributed by atoms with Crippen molar-refractivity contribution in [3.8, 4) is 0 Å². The molecule has 0 aliphatic rings. The summed E-state index contributed by atoms with van der Waals surface area (Å²) in [5.74, 6) is -0.124. The van der Waals surface area contributed by atoms with Crippen LogP contribution in [0.5, 0.6) is 0 Å². The fourth-order valence-corrected chi connectivity index (χ4v) is 1.48. The van der Waals surface area contributed by atoms with Gasteiger partial charge in [0.15, 0.2) is 0 Å². The molecule has 0 atom stereocenters. The van der Waals surface area contributed by atoms with Gasteiger partial charge in [0.05, 0.1) is 13.2 Å². The van der Waals surface area contributed by atoms with Gasteiger partial charge in [-0.25, -0.2) is 0 Å². The molecule has 0 saturated heterocycles. The number of esters is 1. The van der Waals surface area contributed by atoms with Crippen molar-refractivity contribution >= 4 is 5.97 Å². The summed E-state index contributed by atoms with van der Waals surface area (Å²) in [5.41, 5.74) is 0. The highest BCUT2D eigenvalue weighted by Gasteiger charge is 2.14. The van der Waals surface area contributed by atoms with Crippen molar-refractivity contribution in [1.82, 2.24) is 9.80 Å². The molecular formula is C12H26N2O2. The van der Waals surface area contributed by atoms with Crippen molar-refractivity contribution in [2.24, 2.45) is 0 Å². The third kappa shape index (κ3) is 7.65. The van der Waals surface area contributed by atoms with Gasteiger partial charge in [0.2, 0.25) is 0 Å². The third-order valence-corrected chi connectivity index (χ3v) is 2.42. The monoisotopic (exact) mass is 230 g/mol. The smallest absolute Gasteiger partial charge is 0.320 e. The van der Waals surface area contributed by atoms with E-state index in [1.54, 1.807) is 0 Å². The second-order valence-corrected chi connectivity index (χ2v) is 4.53. The van der Waals surface area contributed by atoms with Gasteiger partial charge in [0.1, 0.15) is 0 Å². The molecule has 0 aromatic carbocycles. The maximum Gasteiger partial charge on any atom is 0.320 e. The van der Waals surface area contributed by atoms with Gasteiger partial charge in [-0.3, -0.25) is 9.69 Å². The minimum absolute atomic E-state index is 0.124. The molecule has 0 fully saturated rings. The predicted molar refractivity (Wildman–Crippen MR) is 66.5 cm³/mol. The molecule has 16 heavy (non-hydrogen) atoms. The van der Waals surface area contributed by atoms with E-state index in [4.69, 9.17) is 4.74 Å². The lowest BCUT2D eigenvalue weighted by Crippen LogP contribution is -2.38. The summed E-state index contributed by atoms with van der Waals surface area (Å²) in [6.07, 6.45) is 1.07. The number of ether oxygens (including phenoxy) is 1. The second kappa shape index (κ2) is 8.53. The topological polar surface area (TPSA) is 32.8 Å². The first-order valence-corrected chi connectivity index (χ1v) is 6.01. The van der Waals surface area contributed by atoms with Crippen LogP contribution in [-0.2, 0) is 9.53 Å². The van der Waals surface area contributed by atoms with Gasteiger partial charge in [-0.05, 0) is 47.8 Å². The summed E-state index contributed by atoms with van der Waals surface area (Å²) >= 11 is 0. The highest BCUT2D eigenvalue weighted by molar-refractivity contribution is 5.71. The first kappa shape index (κ1) is 15.4. The quantitative estimate of drug-likeness (QED) is 0.587. The molecule has 0 aliphatic carbocycles. The Morgan fingerprint density at radius 3 is 2.31 bits per heavy atom. The van der Waals surface area contributed by atoms with Crippen LogP contribution in [0, 0.1) is 0 Å². The standard InChI is InChI=1S/C12H26N2O2/c1-6-16-12(15)10-14(11(2)3)9-7-8-13(4)5/h11H,6-10H2,1-5H3. The molecule has 96 valence electrons. The van der Waals surface area contributed by atoms with E-state index in [2.05, 4.69) is 37.7 Å². The number of hydrogen-bond donors (Lipinski definition) is 0. The third-order valence-electron chi connectivity index (χ3n) is 2.42. The Morgan fingerprint density at radius 2 is 1.88 bits per heavy atom. The highest BCUT2D eigenvalue weighted by atomic mass is 16.5. The molecule has 0 amide bonds. The summed E-state index contributed by atoms with van der Waals surface area (Å²) in [5, 5.41) is 0. The Morgan fingerprint density at radius 1 is 1.25 bits per heavy atom. The summed E-state index contributed by atoms with van der Waals surface area (Å²) in [6.45, 7) is 8.90. The van der Waals surface area contributed by atoms with Gasteiger partial charge < -0.3 is 9.64 Å². The van der Waals surface area contributed by atoms with E-state index in [-0.39, 0.29) is 5.97 Å². The SMILES string of the molecule is CCOC(=O)CN(CCCN(C)C)C(C)C. The molecule has 0 radical (unpaired) electrons. The normalized spacial score (nSPS) is 11.5. The lowest BCUT2D eigenvalue weighted by Gasteiger charge is -2.25. The zero-order chi connectivity index (χ0) is 12.6. The van der Waals surface area contributed by atoms with Gasteiger partial charge in [-0.1, -0.05) is 0 Å². The lowest BCUT2D eigenvalue weighted by molar-refractivity contribution is -0.144. The van der Waals surface area contributed by atoms with Crippen LogP contribution < -0.4 is 0 Å². The van der Waals surface area contributed by atoms with Crippen LogP contribution in [0.2, 0.25) is 0 Å². The van der Waals surface area contributed by atoms with Crippen molar-refractivity contribution in [3.05, 3.63) is 0 Å². The molecule has 0 aliphatic heterocycles. The van der Waals surface area contributed by atoms with E-state index >= 15 is 0 Å². The van der Waals surface area contributed by atoms with Crippen LogP contribution in [0.1, 0.15) is 27.2 Å². The summed E-state index contributed by atoms with van der Waals surface area (Å²) in [7, 11) is 4.12. The van der Waals surface area contributed by atoms with Crippen LogP contribution >= 0.6 is 0 Å². The summed E-state index contributed by atoms with van der Waals surface area (Å²) in [6, 6.07) is 0.381. The van der Waals surface area contributed by atoms with Crippen LogP contribution in [0.3, 0.4) is 0 Å². The fraction of sp³-hybridized carbons (Fsp3) is 0.917. The molecule has 0 saturated carbocycles. The van der Waals surface area contributed by atoms with Gasteiger partial charge in [-0.2, -0.15) is 0 Å². The zero-order valence-corrected chi connectivity index (χ0v) is 11.3. The van der Waals surface area contributed by atoms with Crippen molar-refractivity contribution in [3.63, 3.8) is 0 Å². The zero-order valence-electron chi connectivity index (χ0n) is 11.3. The van der Waals surface area contributed by atoms with Crippen molar-refractivity contribution in [2.75, 3.05) is 40.3 Å². The average molecular weight is 230 g/mol. The second-order valence-electron chi connectivity index (χ2n) is 4.53. The van der Waals surface area contributed by atoms with E-state index in [0.29, 0.717) is 19.2 Å². The molecule has 0 aromatic heterocycles. The van der Waals surface area contributed by atoms with E-state index in [0.717, 1.165) is 19.5 Å². The van der Waals surface area contributed by atoms with E-state index in [1.165, 1.54) is 0 Å². The molecule has 0 unspecified atom stereocenters. The molecule has 4 nitrogen and oxygen atoms in total. The Kier molecular flexibility index (Phi) is 8.21. The van der Waals surface area contributed by atoms with Crippen LogP contribution in [0.25, 0.3) is 0 Å². The highest BCUT2D eigenvalue weighted by Crippen LogP contribution is 2.00. The Balaban J connectivity index is 3.93. The van der Waals surface area contributed by atoms with Crippen LogP contribution in [0.4, 0.5) is 0 Å². The van der Waals surface area contributed by atoms with Gasteiger partial charge >= 0.3 is 5.97 Å². The first-order valence-electron chi connectivity index (χ1n) is 6.01. The minimum Gasteiger partial charge on any atom is -0.465 e. The molecule has 0 rings (SSSR count). The Bertz CT molecular complexity index is 193. The van der Waals surface area contributed by atoms with Crippen molar-refractivity contribution < 1.29 is 9.53 Å². The molecule has 4 heteroatoms. The molecular weight excluding hydrogens is 204 g/mol. The lowest BCUT2D eigenvalue weighted by atomic mass is 10.2. The number of carbonyl (C=O) groups excluding carboxylic acids is 1. The van der Waals surface area contributed by atoms with E-state index < -0.39 is 0 Å². The minimum atomic E-state index is -0.124. The van der Waals surface area contributed by atoms with Gasteiger partial charge in [0, 0.05) is 12.6 Å². The first-order chi connectivity index (χ1) is 7.47. The van der Waals surface area contributed by atoms with Gasteiger partial charge in [0.25, 0.3) is 0 Å².